The number of fused-ring (bicyclic) bond motifs is 1. The molecule has 3 rings (SSSR count). The molecule has 0 atom stereocenters. The summed E-state index contributed by atoms with van der Waals surface area (Å²) in [5, 5.41) is 7.31. The van der Waals surface area contributed by atoms with Crippen LogP contribution in [0.1, 0.15) is 24.7 Å². The number of rotatable bonds is 3. The molecule has 1 aliphatic rings. The molecule has 0 bridgehead atoms. The minimum absolute atomic E-state index is 0.628. The highest BCUT2D eigenvalue weighted by Gasteiger charge is 2.13. The fourth-order valence-corrected chi connectivity index (χ4v) is 2.13. The Balaban J connectivity index is 1.92. The van der Waals surface area contributed by atoms with Gasteiger partial charge in [-0.15, -0.1) is 0 Å². The Bertz CT molecular complexity index is 533. The Morgan fingerprint density at radius 1 is 1.41 bits per heavy atom. The average molecular weight is 229 g/mol. The van der Waals surface area contributed by atoms with Gasteiger partial charge in [0.2, 0.25) is 0 Å². The Hall–Kier alpha value is -1.84. The monoisotopic (exact) mass is 229 g/mol. The molecule has 2 heterocycles. The molecule has 0 radical (unpaired) electrons. The molecular formula is C13H15N3O. The van der Waals surface area contributed by atoms with Gasteiger partial charge in [-0.3, -0.25) is 0 Å². The second-order valence-corrected chi connectivity index (χ2v) is 4.31. The molecule has 4 heteroatoms. The van der Waals surface area contributed by atoms with Crippen LogP contribution in [0.25, 0.3) is 11.5 Å². The molecule has 0 unspecified atom stereocenters. The van der Waals surface area contributed by atoms with E-state index in [9.17, 15) is 0 Å². The zero-order valence-electron chi connectivity index (χ0n) is 9.86. The molecular weight excluding hydrogens is 214 g/mol. The van der Waals surface area contributed by atoms with Crippen LogP contribution in [-0.4, -0.2) is 16.7 Å². The molecule has 1 aromatic carbocycles. The van der Waals surface area contributed by atoms with Crippen molar-refractivity contribution >= 4 is 5.69 Å². The molecule has 1 aliphatic heterocycles. The third kappa shape index (κ3) is 1.90. The first-order valence-electron chi connectivity index (χ1n) is 6.06. The number of hydrogen-bond donors (Lipinski definition) is 1. The van der Waals surface area contributed by atoms with Gasteiger partial charge < -0.3 is 9.84 Å². The number of nitrogens with zero attached hydrogens (tertiary/aromatic N) is 2. The maximum atomic E-state index is 5.28. The van der Waals surface area contributed by atoms with Crippen LogP contribution in [0, 0.1) is 0 Å². The summed E-state index contributed by atoms with van der Waals surface area (Å²) in [6.07, 6.45) is 2.97. The first kappa shape index (κ1) is 10.3. The standard InChI is InChI=1S/C13H15N3O/c1-2-3-12-15-13(17-16-12)10-4-5-11-9(8-10)6-7-14-11/h4-5,8,14H,2-3,6-7H2,1H3. The van der Waals surface area contributed by atoms with E-state index in [4.69, 9.17) is 4.52 Å². The number of aromatic nitrogens is 2. The predicted molar refractivity (Wildman–Crippen MR) is 65.9 cm³/mol. The molecule has 0 saturated carbocycles. The molecule has 4 nitrogen and oxygen atoms in total. The van der Waals surface area contributed by atoms with Gasteiger partial charge in [-0.25, -0.2) is 0 Å². The molecule has 88 valence electrons. The molecule has 1 N–H and O–H groups in total. The van der Waals surface area contributed by atoms with Crippen molar-refractivity contribution in [3.8, 4) is 11.5 Å². The molecule has 2 aromatic rings. The minimum Gasteiger partial charge on any atom is -0.384 e. The smallest absolute Gasteiger partial charge is 0.257 e. The summed E-state index contributed by atoms with van der Waals surface area (Å²) in [5.74, 6) is 1.42. The number of aryl methyl sites for hydroxylation is 1. The molecule has 17 heavy (non-hydrogen) atoms. The summed E-state index contributed by atoms with van der Waals surface area (Å²) in [6.45, 7) is 3.13. The lowest BCUT2D eigenvalue weighted by molar-refractivity contribution is 0.422. The van der Waals surface area contributed by atoms with E-state index in [1.165, 1.54) is 11.3 Å². The lowest BCUT2D eigenvalue weighted by Crippen LogP contribution is -1.90. The van der Waals surface area contributed by atoms with Gasteiger partial charge in [0.15, 0.2) is 5.82 Å². The lowest BCUT2D eigenvalue weighted by atomic mass is 10.1. The van der Waals surface area contributed by atoms with Crippen LogP contribution < -0.4 is 5.32 Å². The molecule has 0 saturated heterocycles. The second-order valence-electron chi connectivity index (χ2n) is 4.31. The molecule has 0 spiro atoms. The van der Waals surface area contributed by atoms with Crippen LogP contribution in [0.4, 0.5) is 5.69 Å². The summed E-state index contributed by atoms with van der Waals surface area (Å²) >= 11 is 0. The van der Waals surface area contributed by atoms with Crippen LogP contribution in [0.15, 0.2) is 22.7 Å². The first-order chi connectivity index (χ1) is 8.36. The van der Waals surface area contributed by atoms with E-state index in [0.717, 1.165) is 37.2 Å². The summed E-state index contributed by atoms with van der Waals surface area (Å²) < 4.78 is 5.28. The van der Waals surface area contributed by atoms with Crippen molar-refractivity contribution in [3.63, 3.8) is 0 Å². The van der Waals surface area contributed by atoms with Gasteiger partial charge >= 0.3 is 0 Å². The average Bonchev–Trinajstić information content (AvgIpc) is 2.96. The molecule has 0 amide bonds. The summed E-state index contributed by atoms with van der Waals surface area (Å²) in [4.78, 5) is 4.40. The highest BCUT2D eigenvalue weighted by atomic mass is 16.5. The zero-order chi connectivity index (χ0) is 11.7. The first-order valence-corrected chi connectivity index (χ1v) is 6.06. The molecule has 0 aliphatic carbocycles. The maximum absolute atomic E-state index is 5.28. The number of nitrogens with one attached hydrogen (secondary N) is 1. The van der Waals surface area contributed by atoms with Gasteiger partial charge in [0.25, 0.3) is 5.89 Å². The summed E-state index contributed by atoms with van der Waals surface area (Å²) in [6, 6.07) is 6.25. The quantitative estimate of drug-likeness (QED) is 0.879. The zero-order valence-corrected chi connectivity index (χ0v) is 9.86. The van der Waals surface area contributed by atoms with Gasteiger partial charge in [0, 0.05) is 24.2 Å². The normalized spacial score (nSPS) is 13.5. The minimum atomic E-state index is 0.628. The van der Waals surface area contributed by atoms with E-state index in [-0.39, 0.29) is 0 Å². The number of anilines is 1. The van der Waals surface area contributed by atoms with Gasteiger partial charge in [0.05, 0.1) is 0 Å². The van der Waals surface area contributed by atoms with Gasteiger partial charge in [0.1, 0.15) is 0 Å². The van der Waals surface area contributed by atoms with Crippen LogP contribution in [0.5, 0.6) is 0 Å². The van der Waals surface area contributed by atoms with E-state index in [1.54, 1.807) is 0 Å². The van der Waals surface area contributed by atoms with Gasteiger partial charge in [-0.2, -0.15) is 4.98 Å². The fourth-order valence-electron chi connectivity index (χ4n) is 2.13. The van der Waals surface area contributed by atoms with Crippen molar-refractivity contribution in [2.75, 3.05) is 11.9 Å². The van der Waals surface area contributed by atoms with E-state index < -0.39 is 0 Å². The van der Waals surface area contributed by atoms with Crippen LogP contribution in [-0.2, 0) is 12.8 Å². The number of hydrogen-bond acceptors (Lipinski definition) is 4. The summed E-state index contributed by atoms with van der Waals surface area (Å²) in [7, 11) is 0. The Kier molecular flexibility index (Phi) is 2.55. The van der Waals surface area contributed by atoms with Gasteiger partial charge in [-0.05, 0) is 36.6 Å². The molecule has 0 fully saturated rings. The fraction of sp³-hybridized carbons (Fsp3) is 0.385. The van der Waals surface area contributed by atoms with Crippen molar-refractivity contribution in [3.05, 3.63) is 29.6 Å². The third-order valence-electron chi connectivity index (χ3n) is 3.00. The Morgan fingerprint density at radius 3 is 3.24 bits per heavy atom. The Morgan fingerprint density at radius 2 is 2.35 bits per heavy atom. The summed E-state index contributed by atoms with van der Waals surface area (Å²) in [5.41, 5.74) is 3.57. The van der Waals surface area contributed by atoms with Crippen molar-refractivity contribution in [2.45, 2.75) is 26.2 Å². The second kappa shape index (κ2) is 4.20. The van der Waals surface area contributed by atoms with Crippen molar-refractivity contribution in [1.29, 1.82) is 0 Å². The highest BCUT2D eigenvalue weighted by molar-refractivity contribution is 5.64. The molecule has 1 aromatic heterocycles. The SMILES string of the molecule is CCCc1noc(-c2ccc3c(c2)CCN3)n1. The van der Waals surface area contributed by atoms with Crippen LogP contribution in [0.2, 0.25) is 0 Å². The highest BCUT2D eigenvalue weighted by Crippen LogP contribution is 2.27. The number of benzene rings is 1. The van der Waals surface area contributed by atoms with Crippen molar-refractivity contribution < 1.29 is 4.52 Å². The largest absolute Gasteiger partial charge is 0.384 e. The predicted octanol–water partition coefficient (Wildman–Crippen LogP) is 2.66. The Labute approximate surface area is 100 Å². The van der Waals surface area contributed by atoms with E-state index in [0.29, 0.717) is 5.89 Å². The third-order valence-corrected chi connectivity index (χ3v) is 3.00. The topological polar surface area (TPSA) is 51.0 Å². The van der Waals surface area contributed by atoms with Gasteiger partial charge in [-0.1, -0.05) is 12.1 Å². The van der Waals surface area contributed by atoms with Crippen LogP contribution in [0.3, 0.4) is 0 Å². The van der Waals surface area contributed by atoms with E-state index in [1.807, 2.05) is 6.07 Å². The van der Waals surface area contributed by atoms with Crippen molar-refractivity contribution in [1.82, 2.24) is 10.1 Å². The lowest BCUT2D eigenvalue weighted by Gasteiger charge is -2.00. The van der Waals surface area contributed by atoms with Crippen LogP contribution >= 0.6 is 0 Å². The van der Waals surface area contributed by atoms with E-state index in [2.05, 4.69) is 34.5 Å². The van der Waals surface area contributed by atoms with E-state index >= 15 is 0 Å². The maximum Gasteiger partial charge on any atom is 0.257 e. The van der Waals surface area contributed by atoms with Crippen molar-refractivity contribution in [2.24, 2.45) is 0 Å².